The maximum atomic E-state index is 13.4. The van der Waals surface area contributed by atoms with Gasteiger partial charge in [-0.15, -0.1) is 0 Å². The number of nitrogens with zero attached hydrogens (tertiary/aromatic N) is 5. The van der Waals surface area contributed by atoms with E-state index in [1.165, 1.54) is 0 Å². The first-order valence-corrected chi connectivity index (χ1v) is 14.0. The minimum Gasteiger partial charge on any atom is -0.487 e. The number of aromatic nitrogens is 2. The molecule has 0 bridgehead atoms. The average molecular weight is 524 g/mol. The molecule has 39 heavy (non-hydrogen) atoms. The molecule has 7 nitrogen and oxygen atoms in total. The Morgan fingerprint density at radius 1 is 0.949 bits per heavy atom. The van der Waals surface area contributed by atoms with Crippen molar-refractivity contribution in [1.29, 1.82) is 0 Å². The monoisotopic (exact) mass is 523 g/mol. The Labute approximate surface area is 230 Å². The molecule has 0 N–H and O–H groups in total. The van der Waals surface area contributed by atoms with Gasteiger partial charge in [-0.25, -0.2) is 4.98 Å². The predicted octanol–water partition coefficient (Wildman–Crippen LogP) is 4.92. The highest BCUT2D eigenvalue weighted by molar-refractivity contribution is 5.98. The van der Waals surface area contributed by atoms with Crippen molar-refractivity contribution < 1.29 is 9.53 Å². The van der Waals surface area contributed by atoms with Crippen molar-refractivity contribution in [1.82, 2.24) is 19.4 Å². The first-order chi connectivity index (χ1) is 19.0. The number of pyridine rings is 1. The van der Waals surface area contributed by atoms with Crippen LogP contribution in [0.25, 0.3) is 10.9 Å². The summed E-state index contributed by atoms with van der Waals surface area (Å²) in [5, 5.41) is 1.09. The number of likely N-dealkylation sites (tertiary alicyclic amines) is 1. The van der Waals surface area contributed by atoms with Gasteiger partial charge in [0.1, 0.15) is 18.2 Å². The Morgan fingerprint density at radius 3 is 2.44 bits per heavy atom. The molecule has 2 aromatic heterocycles. The normalized spacial score (nSPS) is 16.6. The predicted molar refractivity (Wildman–Crippen MR) is 155 cm³/mol. The van der Waals surface area contributed by atoms with Crippen LogP contribution in [0, 0.1) is 5.92 Å². The maximum absolute atomic E-state index is 13.4. The fourth-order valence-corrected chi connectivity index (χ4v) is 5.73. The van der Waals surface area contributed by atoms with Crippen LogP contribution >= 0.6 is 0 Å². The molecule has 2 fully saturated rings. The van der Waals surface area contributed by atoms with Gasteiger partial charge in [0.2, 0.25) is 0 Å². The fraction of sp³-hybridized carbons (Fsp3) is 0.375. The van der Waals surface area contributed by atoms with Crippen LogP contribution in [0.1, 0.15) is 29.9 Å². The number of ether oxygens (including phenoxy) is 1. The summed E-state index contributed by atoms with van der Waals surface area (Å²) in [6.07, 6.45) is 1.85. The molecule has 0 radical (unpaired) electrons. The number of benzene rings is 2. The van der Waals surface area contributed by atoms with E-state index >= 15 is 0 Å². The Bertz CT molecular complexity index is 1400. The van der Waals surface area contributed by atoms with Crippen LogP contribution in [-0.2, 0) is 13.2 Å². The highest BCUT2D eigenvalue weighted by atomic mass is 16.5. The lowest BCUT2D eigenvalue weighted by Crippen LogP contribution is -2.64. The largest absolute Gasteiger partial charge is 0.487 e. The minimum absolute atomic E-state index is 0.124. The molecule has 7 heteroatoms. The van der Waals surface area contributed by atoms with Crippen LogP contribution in [0.15, 0.2) is 79.0 Å². The number of hydrogen-bond donors (Lipinski definition) is 0. The second kappa shape index (κ2) is 11.1. The van der Waals surface area contributed by atoms with Crippen LogP contribution in [0.5, 0.6) is 5.75 Å². The summed E-state index contributed by atoms with van der Waals surface area (Å²) in [6, 6.07) is 24.8. The molecule has 0 aliphatic carbocycles. The van der Waals surface area contributed by atoms with E-state index in [-0.39, 0.29) is 5.91 Å². The summed E-state index contributed by atoms with van der Waals surface area (Å²) in [6.45, 7) is 11.4. The van der Waals surface area contributed by atoms with E-state index in [1.54, 1.807) is 0 Å². The molecule has 2 aliphatic rings. The molecule has 2 aliphatic heterocycles. The Hall–Kier alpha value is -3.84. The van der Waals surface area contributed by atoms with Gasteiger partial charge in [0.05, 0.1) is 5.69 Å². The molecule has 0 saturated carbocycles. The maximum Gasteiger partial charge on any atom is 0.253 e. The van der Waals surface area contributed by atoms with Gasteiger partial charge in [-0.1, -0.05) is 38.1 Å². The zero-order chi connectivity index (χ0) is 26.8. The van der Waals surface area contributed by atoms with E-state index < -0.39 is 0 Å². The zero-order valence-corrected chi connectivity index (χ0v) is 22.9. The van der Waals surface area contributed by atoms with Crippen molar-refractivity contribution in [2.75, 3.05) is 44.2 Å². The molecule has 4 aromatic rings. The van der Waals surface area contributed by atoms with E-state index in [0.717, 1.165) is 79.5 Å². The van der Waals surface area contributed by atoms with Crippen LogP contribution in [-0.4, -0.2) is 70.6 Å². The molecule has 202 valence electrons. The number of piperazine rings is 1. The first-order valence-electron chi connectivity index (χ1n) is 14.0. The van der Waals surface area contributed by atoms with E-state index in [1.807, 2.05) is 59.6 Å². The number of carbonyl (C=O) groups excluding carboxylic acids is 1. The van der Waals surface area contributed by atoms with Gasteiger partial charge in [0.25, 0.3) is 5.91 Å². The van der Waals surface area contributed by atoms with Crippen molar-refractivity contribution in [3.05, 3.63) is 90.3 Å². The van der Waals surface area contributed by atoms with Crippen molar-refractivity contribution in [3.63, 3.8) is 0 Å². The van der Waals surface area contributed by atoms with E-state index in [4.69, 9.17) is 4.74 Å². The van der Waals surface area contributed by atoms with Crippen LogP contribution in [0.2, 0.25) is 0 Å². The highest BCUT2D eigenvalue weighted by Gasteiger charge is 2.36. The van der Waals surface area contributed by atoms with Gasteiger partial charge in [-0.05, 0) is 54.4 Å². The standard InChI is InChI=1S/C32H37N5O2/c1-24(2)20-37-27(23-39-29-8-4-3-5-9-29)19-26-18-25(11-12-30(26)37)32(38)36-21-28(22-36)34-14-16-35(17-15-34)31-10-6-7-13-33-31/h3-13,18-19,24,28H,14-17,20-23H2,1-2H3. The summed E-state index contributed by atoms with van der Waals surface area (Å²) in [7, 11) is 0. The van der Waals surface area contributed by atoms with Gasteiger partial charge in [0, 0.05) is 74.5 Å². The quantitative estimate of drug-likeness (QED) is 0.328. The minimum atomic E-state index is 0.124. The van der Waals surface area contributed by atoms with Crippen LogP contribution in [0.3, 0.4) is 0 Å². The third-order valence-corrected chi connectivity index (χ3v) is 7.87. The Kier molecular flexibility index (Phi) is 7.24. The number of carbonyl (C=O) groups is 1. The summed E-state index contributed by atoms with van der Waals surface area (Å²) in [5.74, 6) is 2.54. The molecule has 0 atom stereocenters. The van der Waals surface area contributed by atoms with Crippen molar-refractivity contribution in [2.45, 2.75) is 33.0 Å². The number of hydrogen-bond acceptors (Lipinski definition) is 5. The summed E-state index contributed by atoms with van der Waals surface area (Å²) >= 11 is 0. The van der Waals surface area contributed by atoms with Gasteiger partial charge in [0.15, 0.2) is 0 Å². The third kappa shape index (κ3) is 5.50. The van der Waals surface area contributed by atoms with Gasteiger partial charge >= 0.3 is 0 Å². The van der Waals surface area contributed by atoms with E-state index in [9.17, 15) is 4.79 Å². The van der Waals surface area contributed by atoms with Gasteiger partial charge in [-0.2, -0.15) is 0 Å². The Morgan fingerprint density at radius 2 is 1.72 bits per heavy atom. The van der Waals surface area contributed by atoms with Crippen molar-refractivity contribution in [2.24, 2.45) is 5.92 Å². The molecular formula is C32H37N5O2. The highest BCUT2D eigenvalue weighted by Crippen LogP contribution is 2.27. The number of para-hydroxylation sites is 1. The summed E-state index contributed by atoms with van der Waals surface area (Å²) in [4.78, 5) is 24.7. The third-order valence-electron chi connectivity index (χ3n) is 7.87. The summed E-state index contributed by atoms with van der Waals surface area (Å²) in [5.41, 5.74) is 3.04. The second-order valence-corrected chi connectivity index (χ2v) is 11.1. The van der Waals surface area contributed by atoms with E-state index in [2.05, 4.69) is 57.5 Å². The second-order valence-electron chi connectivity index (χ2n) is 11.1. The molecule has 4 heterocycles. The first kappa shape index (κ1) is 25.4. The molecule has 0 spiro atoms. The molecular weight excluding hydrogens is 486 g/mol. The van der Waals surface area contributed by atoms with Crippen molar-refractivity contribution in [3.8, 4) is 5.75 Å². The lowest BCUT2D eigenvalue weighted by molar-refractivity contribution is 0.0246. The SMILES string of the molecule is CC(C)Cn1c(COc2ccccc2)cc2cc(C(=O)N3CC(N4CCN(c5ccccn5)CC4)C3)ccc21. The average Bonchev–Trinajstić information content (AvgIpc) is 3.28. The topological polar surface area (TPSA) is 53.8 Å². The molecule has 0 unspecified atom stereocenters. The number of rotatable bonds is 8. The zero-order valence-electron chi connectivity index (χ0n) is 22.9. The van der Waals surface area contributed by atoms with Crippen molar-refractivity contribution >= 4 is 22.6 Å². The lowest BCUT2D eigenvalue weighted by Gasteiger charge is -2.48. The molecule has 2 saturated heterocycles. The van der Waals surface area contributed by atoms with E-state index in [0.29, 0.717) is 18.6 Å². The van der Waals surface area contributed by atoms with Gasteiger partial charge < -0.3 is 19.1 Å². The van der Waals surface area contributed by atoms with Gasteiger partial charge in [-0.3, -0.25) is 9.69 Å². The molecule has 1 amide bonds. The fourth-order valence-electron chi connectivity index (χ4n) is 5.73. The summed E-state index contributed by atoms with van der Waals surface area (Å²) < 4.78 is 8.42. The number of anilines is 1. The van der Waals surface area contributed by atoms with Crippen LogP contribution in [0.4, 0.5) is 5.82 Å². The smallest absolute Gasteiger partial charge is 0.253 e. The Balaban J connectivity index is 1.09. The number of fused-ring (bicyclic) bond motifs is 1. The molecule has 2 aromatic carbocycles. The lowest BCUT2D eigenvalue weighted by atomic mass is 10.0. The van der Waals surface area contributed by atoms with Crippen LogP contribution < -0.4 is 9.64 Å². The molecule has 6 rings (SSSR count). The number of amides is 1.